The first-order chi connectivity index (χ1) is 10.5. The summed E-state index contributed by atoms with van der Waals surface area (Å²) in [6, 6.07) is 11.0. The van der Waals surface area contributed by atoms with Gasteiger partial charge in [0, 0.05) is 11.8 Å². The zero-order valence-corrected chi connectivity index (χ0v) is 17.0. The van der Waals surface area contributed by atoms with Crippen molar-refractivity contribution in [1.29, 1.82) is 0 Å². The van der Waals surface area contributed by atoms with E-state index in [-0.39, 0.29) is 5.41 Å². The minimum atomic E-state index is -1.41. The van der Waals surface area contributed by atoms with Gasteiger partial charge in [0.2, 0.25) is 0 Å². The zero-order valence-electron chi connectivity index (χ0n) is 16.0. The maximum absolute atomic E-state index is 4.80. The summed E-state index contributed by atoms with van der Waals surface area (Å²) in [5, 5.41) is 1.50. The molecule has 23 heavy (non-hydrogen) atoms. The molecule has 0 aliphatic carbocycles. The monoisotopic (exact) mass is 325 g/mol. The third-order valence-electron chi connectivity index (χ3n) is 4.86. The number of nitrogens with zero attached hydrogens (tertiary/aromatic N) is 1. The third kappa shape index (κ3) is 4.11. The van der Waals surface area contributed by atoms with Crippen LogP contribution in [0.15, 0.2) is 36.5 Å². The van der Waals surface area contributed by atoms with Gasteiger partial charge in [-0.15, -0.1) is 0 Å². The van der Waals surface area contributed by atoms with Crippen molar-refractivity contribution in [2.45, 2.75) is 60.2 Å². The lowest BCUT2D eigenvalue weighted by molar-refractivity contribution is 0.340. The van der Waals surface area contributed by atoms with Crippen LogP contribution in [0.4, 0.5) is 0 Å². The predicted molar refractivity (Wildman–Crippen MR) is 105 cm³/mol. The third-order valence-corrected chi connectivity index (χ3v) is 6.89. The van der Waals surface area contributed by atoms with Crippen LogP contribution in [0.1, 0.15) is 44.7 Å². The minimum Gasteiger partial charge on any atom is -0.256 e. The molecule has 1 aromatic heterocycles. The maximum Gasteiger partial charge on any atom is 0.0799 e. The van der Waals surface area contributed by atoms with E-state index in [1.54, 1.807) is 0 Å². The molecule has 1 atom stereocenters. The fraction of sp³-hybridized carbons (Fsp3) is 0.476. The molecule has 2 rings (SSSR count). The number of hydrogen-bond donors (Lipinski definition) is 0. The maximum atomic E-state index is 4.80. The summed E-state index contributed by atoms with van der Waals surface area (Å²) in [5.41, 5.74) is 5.33. The number of aromatic nitrogens is 1. The summed E-state index contributed by atoms with van der Waals surface area (Å²) in [7, 11) is -1.41. The van der Waals surface area contributed by atoms with Crippen LogP contribution in [0.5, 0.6) is 0 Å². The highest BCUT2D eigenvalue weighted by Gasteiger charge is 2.29. The second-order valence-corrected chi connectivity index (χ2v) is 13.9. The minimum absolute atomic E-state index is 0.250. The summed E-state index contributed by atoms with van der Waals surface area (Å²) < 4.78 is 0. The highest BCUT2D eigenvalue weighted by atomic mass is 28.3. The lowest BCUT2D eigenvalue weighted by atomic mass is 9.78. The molecule has 2 heteroatoms. The molecule has 2 aromatic rings. The van der Waals surface area contributed by atoms with Gasteiger partial charge >= 0.3 is 0 Å². The van der Waals surface area contributed by atoms with Crippen LogP contribution >= 0.6 is 0 Å². The summed E-state index contributed by atoms with van der Waals surface area (Å²) in [5.74, 6) is 0.511. The predicted octanol–water partition coefficient (Wildman–Crippen LogP) is 5.75. The molecule has 0 aliphatic rings. The first-order valence-corrected chi connectivity index (χ1v) is 12.1. The van der Waals surface area contributed by atoms with Crippen LogP contribution in [0.3, 0.4) is 0 Å². The molecular weight excluding hydrogens is 294 g/mol. The molecule has 0 N–H and O–H groups in total. The molecule has 1 unspecified atom stereocenters. The second kappa shape index (κ2) is 6.24. The van der Waals surface area contributed by atoms with E-state index in [9.17, 15) is 0 Å². The normalized spacial score (nSPS) is 13.9. The van der Waals surface area contributed by atoms with Gasteiger partial charge < -0.3 is 0 Å². The lowest BCUT2D eigenvalue weighted by Gasteiger charge is -2.32. The van der Waals surface area contributed by atoms with Crippen LogP contribution in [0.25, 0.3) is 11.3 Å². The van der Waals surface area contributed by atoms with Crippen molar-refractivity contribution in [3.63, 3.8) is 0 Å². The molecule has 1 nitrogen and oxygen atoms in total. The SMILES string of the molecule is Cc1ccc(-c2cc(C(C)C(C)(C)C)c([Si](C)(C)C)cn2)cc1. The number of aryl methyl sites for hydroxylation is 1. The molecular formula is C21H31NSi. The molecule has 0 aliphatic heterocycles. The van der Waals surface area contributed by atoms with Crippen molar-refractivity contribution in [2.24, 2.45) is 5.41 Å². The number of benzene rings is 1. The molecule has 0 saturated carbocycles. The van der Waals surface area contributed by atoms with Gasteiger partial charge in [0.15, 0.2) is 0 Å². The van der Waals surface area contributed by atoms with Crippen LogP contribution in [-0.4, -0.2) is 13.1 Å². The smallest absolute Gasteiger partial charge is 0.0799 e. The second-order valence-electron chi connectivity index (χ2n) is 8.86. The summed E-state index contributed by atoms with van der Waals surface area (Å²) in [6.07, 6.45) is 2.15. The van der Waals surface area contributed by atoms with Gasteiger partial charge in [-0.25, -0.2) is 0 Å². The Morgan fingerprint density at radius 2 is 1.57 bits per heavy atom. The Balaban J connectivity index is 2.60. The van der Waals surface area contributed by atoms with Gasteiger partial charge in [-0.05, 0) is 35.1 Å². The molecule has 0 saturated heterocycles. The summed E-state index contributed by atoms with van der Waals surface area (Å²) >= 11 is 0. The van der Waals surface area contributed by atoms with Gasteiger partial charge in [-0.3, -0.25) is 4.98 Å². The van der Waals surface area contributed by atoms with Crippen LogP contribution < -0.4 is 5.19 Å². The van der Waals surface area contributed by atoms with E-state index in [1.807, 2.05) is 0 Å². The van der Waals surface area contributed by atoms with Gasteiger partial charge in [-0.1, -0.05) is 77.2 Å². The Bertz CT molecular complexity index is 672. The van der Waals surface area contributed by atoms with Crippen molar-refractivity contribution in [1.82, 2.24) is 4.98 Å². The van der Waals surface area contributed by atoms with Crippen LogP contribution in [-0.2, 0) is 0 Å². The molecule has 0 spiro atoms. The van der Waals surface area contributed by atoms with Gasteiger partial charge in [-0.2, -0.15) is 0 Å². The summed E-state index contributed by atoms with van der Waals surface area (Å²) in [6.45, 7) is 18.7. The molecule has 124 valence electrons. The van der Waals surface area contributed by atoms with Gasteiger partial charge in [0.1, 0.15) is 0 Å². The zero-order chi connectivity index (χ0) is 17.4. The number of pyridine rings is 1. The molecule has 1 heterocycles. The molecule has 0 radical (unpaired) electrons. The Morgan fingerprint density at radius 3 is 2.04 bits per heavy atom. The summed E-state index contributed by atoms with van der Waals surface area (Å²) in [4.78, 5) is 4.80. The Labute approximate surface area is 143 Å². The van der Waals surface area contributed by atoms with E-state index >= 15 is 0 Å². The Hall–Kier alpha value is -1.41. The fourth-order valence-electron chi connectivity index (χ4n) is 2.80. The van der Waals surface area contributed by atoms with Crippen molar-refractivity contribution < 1.29 is 0 Å². The van der Waals surface area contributed by atoms with Crippen molar-refractivity contribution in [3.8, 4) is 11.3 Å². The largest absolute Gasteiger partial charge is 0.256 e. The van der Waals surface area contributed by atoms with E-state index in [4.69, 9.17) is 4.98 Å². The highest BCUT2D eigenvalue weighted by molar-refractivity contribution is 6.89. The van der Waals surface area contributed by atoms with E-state index in [0.29, 0.717) is 5.92 Å². The molecule has 0 fully saturated rings. The van der Waals surface area contributed by atoms with Crippen molar-refractivity contribution >= 4 is 13.3 Å². The molecule has 0 bridgehead atoms. The highest BCUT2D eigenvalue weighted by Crippen LogP contribution is 2.35. The average molecular weight is 326 g/mol. The first kappa shape index (κ1) is 17.9. The van der Waals surface area contributed by atoms with Crippen LogP contribution in [0, 0.1) is 12.3 Å². The first-order valence-electron chi connectivity index (χ1n) is 8.57. The number of rotatable bonds is 3. The lowest BCUT2D eigenvalue weighted by Crippen LogP contribution is -2.42. The van der Waals surface area contributed by atoms with Crippen LogP contribution in [0.2, 0.25) is 19.6 Å². The van der Waals surface area contributed by atoms with E-state index in [2.05, 4.69) is 90.8 Å². The van der Waals surface area contributed by atoms with E-state index < -0.39 is 8.07 Å². The van der Waals surface area contributed by atoms with Crippen molar-refractivity contribution in [2.75, 3.05) is 0 Å². The topological polar surface area (TPSA) is 12.9 Å². The number of hydrogen-bond acceptors (Lipinski definition) is 1. The molecule has 1 aromatic carbocycles. The standard InChI is InChI=1S/C21H31NSi/c1-15-9-11-17(12-10-15)19-13-18(16(2)21(3,4)5)20(14-22-19)23(6,7)8/h9-14,16H,1-8H3. The van der Waals surface area contributed by atoms with Gasteiger partial charge in [0.25, 0.3) is 0 Å². The fourth-order valence-corrected chi connectivity index (χ4v) is 4.41. The quantitative estimate of drug-likeness (QED) is 0.655. The van der Waals surface area contributed by atoms with Crippen molar-refractivity contribution in [3.05, 3.63) is 47.7 Å². The van der Waals surface area contributed by atoms with E-state index in [0.717, 1.165) is 5.69 Å². The average Bonchev–Trinajstić information content (AvgIpc) is 2.44. The Kier molecular flexibility index (Phi) is 4.86. The van der Waals surface area contributed by atoms with Gasteiger partial charge in [0.05, 0.1) is 13.8 Å². The Morgan fingerprint density at radius 1 is 1.00 bits per heavy atom. The molecule has 0 amide bonds. The van der Waals surface area contributed by atoms with E-state index in [1.165, 1.54) is 21.9 Å².